The van der Waals surface area contributed by atoms with Gasteiger partial charge in [0.2, 0.25) is 0 Å². The van der Waals surface area contributed by atoms with Crippen LogP contribution in [0.1, 0.15) is 60.1 Å². The molecule has 0 radical (unpaired) electrons. The van der Waals surface area contributed by atoms with Crippen LogP contribution in [0.4, 0.5) is 4.39 Å². The maximum Gasteiger partial charge on any atom is 0.134 e. The third kappa shape index (κ3) is 6.50. The summed E-state index contributed by atoms with van der Waals surface area (Å²) in [6.07, 6.45) is 7.87. The molecule has 0 spiro atoms. The summed E-state index contributed by atoms with van der Waals surface area (Å²) >= 11 is 0. The molecular weight excluding hydrogens is 427 g/mol. The summed E-state index contributed by atoms with van der Waals surface area (Å²) < 4.78 is 14.9. The molecule has 4 aromatic rings. The Bertz CT molecular complexity index is 1450. The second-order valence-corrected chi connectivity index (χ2v) is 8.61. The van der Waals surface area contributed by atoms with E-state index in [1.807, 2.05) is 67.6 Å². The van der Waals surface area contributed by atoms with Gasteiger partial charge < -0.3 is 0 Å². The summed E-state index contributed by atoms with van der Waals surface area (Å²) in [5.74, 6) is 12.7. The minimum Gasteiger partial charge on any atom is -0.206 e. The Kier molecular flexibility index (Phi) is 8.17. The van der Waals surface area contributed by atoms with Crippen molar-refractivity contribution in [1.82, 2.24) is 0 Å². The quantitative estimate of drug-likeness (QED) is 0.209. The van der Waals surface area contributed by atoms with Crippen LogP contribution in [0, 0.1) is 29.5 Å². The molecule has 0 aromatic heterocycles. The molecule has 0 aliphatic heterocycles. The summed E-state index contributed by atoms with van der Waals surface area (Å²) in [6, 6.07) is 26.0. The first-order valence-electron chi connectivity index (χ1n) is 12.2. The average molecular weight is 457 g/mol. The molecule has 0 aliphatic rings. The van der Waals surface area contributed by atoms with Crippen molar-refractivity contribution < 1.29 is 4.39 Å². The van der Waals surface area contributed by atoms with E-state index in [9.17, 15) is 4.39 Å². The van der Waals surface area contributed by atoms with E-state index in [1.165, 1.54) is 5.56 Å². The number of fused-ring (bicyclic) bond motifs is 1. The maximum atomic E-state index is 14.9. The van der Waals surface area contributed by atoms with Gasteiger partial charge in [-0.05, 0) is 91.2 Å². The zero-order valence-corrected chi connectivity index (χ0v) is 20.4. The Morgan fingerprint density at radius 2 is 1.26 bits per heavy atom. The SMILES string of the molecule is C/C=C/CCc1ccc2cc(C#Cc3ccc(C#Cc4ccc(CCC)cc4)cc3)ccc2c1F. The zero-order chi connectivity index (χ0) is 24.5. The van der Waals surface area contributed by atoms with Gasteiger partial charge in [-0.3, -0.25) is 0 Å². The third-order valence-electron chi connectivity index (χ3n) is 5.93. The predicted octanol–water partition coefficient (Wildman–Crippen LogP) is 8.24. The van der Waals surface area contributed by atoms with E-state index in [0.29, 0.717) is 11.8 Å². The van der Waals surface area contributed by atoms with Crippen molar-refractivity contribution in [3.63, 3.8) is 0 Å². The van der Waals surface area contributed by atoms with Crippen molar-refractivity contribution in [2.45, 2.75) is 39.5 Å². The molecule has 0 N–H and O–H groups in total. The van der Waals surface area contributed by atoms with Gasteiger partial charge in [-0.2, -0.15) is 0 Å². The molecule has 0 fully saturated rings. The molecule has 4 rings (SSSR count). The van der Waals surface area contributed by atoms with Crippen molar-refractivity contribution in [1.29, 1.82) is 0 Å². The second-order valence-electron chi connectivity index (χ2n) is 8.61. The highest BCUT2D eigenvalue weighted by atomic mass is 19.1. The zero-order valence-electron chi connectivity index (χ0n) is 20.4. The first kappa shape index (κ1) is 24.1. The minimum absolute atomic E-state index is 0.125. The fraction of sp³-hybridized carbons (Fsp3) is 0.176. The second kappa shape index (κ2) is 11.9. The average Bonchev–Trinajstić information content (AvgIpc) is 2.89. The molecule has 4 aromatic carbocycles. The van der Waals surface area contributed by atoms with E-state index < -0.39 is 0 Å². The van der Waals surface area contributed by atoms with Crippen LogP contribution in [-0.4, -0.2) is 0 Å². The Labute approximate surface area is 208 Å². The smallest absolute Gasteiger partial charge is 0.134 e. The molecule has 0 saturated carbocycles. The van der Waals surface area contributed by atoms with Crippen LogP contribution < -0.4 is 0 Å². The molecule has 0 unspecified atom stereocenters. The van der Waals surface area contributed by atoms with Gasteiger partial charge in [-0.1, -0.05) is 79.5 Å². The van der Waals surface area contributed by atoms with Gasteiger partial charge in [0, 0.05) is 27.6 Å². The fourth-order valence-corrected chi connectivity index (χ4v) is 3.98. The number of rotatable bonds is 5. The number of aryl methyl sites for hydroxylation is 2. The van der Waals surface area contributed by atoms with Crippen LogP contribution in [0.3, 0.4) is 0 Å². The Morgan fingerprint density at radius 1 is 0.686 bits per heavy atom. The molecule has 172 valence electrons. The summed E-state index contributed by atoms with van der Waals surface area (Å²) in [6.45, 7) is 4.17. The van der Waals surface area contributed by atoms with Gasteiger partial charge in [0.1, 0.15) is 5.82 Å². The molecule has 0 amide bonds. The van der Waals surface area contributed by atoms with E-state index in [4.69, 9.17) is 0 Å². The molecule has 0 aliphatic carbocycles. The molecule has 0 saturated heterocycles. The number of halogens is 1. The highest BCUT2D eigenvalue weighted by molar-refractivity contribution is 5.85. The van der Waals surface area contributed by atoms with Crippen molar-refractivity contribution in [2.24, 2.45) is 0 Å². The Balaban J connectivity index is 1.45. The monoisotopic (exact) mass is 456 g/mol. The van der Waals surface area contributed by atoms with Crippen molar-refractivity contribution >= 4 is 10.8 Å². The summed E-state index contributed by atoms with van der Waals surface area (Å²) in [5.41, 5.74) is 5.87. The van der Waals surface area contributed by atoms with Crippen molar-refractivity contribution in [3.05, 3.63) is 130 Å². The lowest BCUT2D eigenvalue weighted by Gasteiger charge is -2.06. The van der Waals surface area contributed by atoms with E-state index in [1.54, 1.807) is 0 Å². The van der Waals surface area contributed by atoms with E-state index >= 15 is 0 Å². The van der Waals surface area contributed by atoms with Gasteiger partial charge in [-0.25, -0.2) is 4.39 Å². The highest BCUT2D eigenvalue weighted by Crippen LogP contribution is 2.23. The number of allylic oxidation sites excluding steroid dienone is 2. The molecule has 0 heterocycles. The molecule has 0 atom stereocenters. The highest BCUT2D eigenvalue weighted by Gasteiger charge is 2.07. The van der Waals surface area contributed by atoms with E-state index in [2.05, 4.69) is 60.9 Å². The fourth-order valence-electron chi connectivity index (χ4n) is 3.98. The number of hydrogen-bond donors (Lipinski definition) is 0. The van der Waals surface area contributed by atoms with Gasteiger partial charge >= 0.3 is 0 Å². The largest absolute Gasteiger partial charge is 0.206 e. The number of hydrogen-bond acceptors (Lipinski definition) is 0. The predicted molar refractivity (Wildman–Crippen MR) is 146 cm³/mol. The molecule has 0 nitrogen and oxygen atoms in total. The molecular formula is C34H29F. The van der Waals surface area contributed by atoms with Gasteiger partial charge in [0.15, 0.2) is 0 Å². The molecule has 0 bridgehead atoms. The standard InChI is InChI=1S/C34H29F/c1-3-5-6-8-31-22-23-32-25-30(21-24-33(32)34(31)35)20-19-29-17-15-28(16-18-29)14-13-27-11-9-26(7-4-2)10-12-27/h3,5,9-12,15-18,21-25H,4,6-8H2,1-2H3/b5-3+. The maximum absolute atomic E-state index is 14.9. The summed E-state index contributed by atoms with van der Waals surface area (Å²) in [4.78, 5) is 0. The topological polar surface area (TPSA) is 0 Å². The van der Waals surface area contributed by atoms with Crippen molar-refractivity contribution in [2.75, 3.05) is 0 Å². The van der Waals surface area contributed by atoms with Crippen LogP contribution in [0.5, 0.6) is 0 Å². The Hall–Kier alpha value is -4.07. The molecule has 1 heteroatoms. The van der Waals surface area contributed by atoms with E-state index in [-0.39, 0.29) is 5.82 Å². The third-order valence-corrected chi connectivity index (χ3v) is 5.93. The summed E-state index contributed by atoms with van der Waals surface area (Å²) in [5, 5.41) is 1.52. The first-order chi connectivity index (χ1) is 17.2. The van der Waals surface area contributed by atoms with Crippen LogP contribution in [0.2, 0.25) is 0 Å². The van der Waals surface area contributed by atoms with Crippen LogP contribution in [0.15, 0.2) is 91.0 Å². The van der Waals surface area contributed by atoms with Crippen molar-refractivity contribution in [3.8, 4) is 23.7 Å². The van der Waals surface area contributed by atoms with Gasteiger partial charge in [0.05, 0.1) is 0 Å². The number of benzene rings is 4. The lowest BCUT2D eigenvalue weighted by Crippen LogP contribution is -1.92. The Morgan fingerprint density at radius 3 is 1.86 bits per heavy atom. The van der Waals surface area contributed by atoms with Crippen LogP contribution in [-0.2, 0) is 12.8 Å². The minimum atomic E-state index is -0.125. The van der Waals surface area contributed by atoms with Crippen LogP contribution in [0.25, 0.3) is 10.8 Å². The summed E-state index contributed by atoms with van der Waals surface area (Å²) in [7, 11) is 0. The molecule has 35 heavy (non-hydrogen) atoms. The lowest BCUT2D eigenvalue weighted by atomic mass is 10.0. The van der Waals surface area contributed by atoms with Gasteiger partial charge in [0.25, 0.3) is 0 Å². The normalized spacial score (nSPS) is 10.6. The van der Waals surface area contributed by atoms with Gasteiger partial charge in [-0.15, -0.1) is 0 Å². The van der Waals surface area contributed by atoms with E-state index in [0.717, 1.165) is 52.5 Å². The first-order valence-corrected chi connectivity index (χ1v) is 12.2. The van der Waals surface area contributed by atoms with Crippen LogP contribution >= 0.6 is 0 Å². The lowest BCUT2D eigenvalue weighted by molar-refractivity contribution is 0.621.